The molecule has 1 saturated carbocycles. The van der Waals surface area contributed by atoms with Crippen LogP contribution in [0.2, 0.25) is 0 Å². The minimum absolute atomic E-state index is 0.146. The summed E-state index contributed by atoms with van der Waals surface area (Å²) in [6, 6.07) is 15.6. The second kappa shape index (κ2) is 7.99. The van der Waals surface area contributed by atoms with E-state index in [0.29, 0.717) is 11.9 Å². The molecule has 2 atom stereocenters. The second-order valence-corrected chi connectivity index (χ2v) is 8.21. The van der Waals surface area contributed by atoms with E-state index in [1.165, 1.54) is 16.3 Å². The number of fused-ring (bicyclic) bond motifs is 1. The molecule has 4 heteroatoms. The lowest BCUT2D eigenvalue weighted by atomic mass is 9.79. The highest BCUT2D eigenvalue weighted by atomic mass is 16.5. The predicted octanol–water partition coefficient (Wildman–Crippen LogP) is 3.39. The van der Waals surface area contributed by atoms with Crippen LogP contribution in [-0.2, 0) is 16.0 Å². The van der Waals surface area contributed by atoms with E-state index >= 15 is 0 Å². The Morgan fingerprint density at radius 2 is 1.78 bits per heavy atom. The quantitative estimate of drug-likeness (QED) is 0.882. The molecule has 0 bridgehead atoms. The van der Waals surface area contributed by atoms with Crippen LogP contribution in [-0.4, -0.2) is 48.7 Å². The molecule has 2 aliphatic rings. The number of hydrogen-bond acceptors (Lipinski definition) is 3. The molecule has 144 valence electrons. The summed E-state index contributed by atoms with van der Waals surface area (Å²) >= 11 is 0. The molecular formula is C23H30N2O2. The topological polar surface area (TPSA) is 41.6 Å². The summed E-state index contributed by atoms with van der Waals surface area (Å²) in [5.74, 6) is 0.515. The molecule has 2 unspecified atom stereocenters. The van der Waals surface area contributed by atoms with Gasteiger partial charge in [-0.3, -0.25) is 4.79 Å². The van der Waals surface area contributed by atoms with Crippen LogP contribution in [0, 0.1) is 5.92 Å². The molecule has 2 aromatic carbocycles. The van der Waals surface area contributed by atoms with Crippen LogP contribution in [0.25, 0.3) is 10.8 Å². The van der Waals surface area contributed by atoms with Crippen molar-refractivity contribution >= 4 is 16.7 Å². The first kappa shape index (κ1) is 18.5. The summed E-state index contributed by atoms with van der Waals surface area (Å²) in [6.07, 6.45) is 3.25. The Morgan fingerprint density at radius 1 is 1.07 bits per heavy atom. The molecule has 2 aromatic rings. The van der Waals surface area contributed by atoms with Crippen molar-refractivity contribution in [3.63, 3.8) is 0 Å². The van der Waals surface area contributed by atoms with Crippen molar-refractivity contribution in [1.29, 1.82) is 0 Å². The molecule has 4 nitrogen and oxygen atoms in total. The first-order valence-corrected chi connectivity index (χ1v) is 10.2. The van der Waals surface area contributed by atoms with Crippen molar-refractivity contribution in [2.45, 2.75) is 51.4 Å². The summed E-state index contributed by atoms with van der Waals surface area (Å²) in [6.45, 7) is 6.53. The molecule has 1 N–H and O–H groups in total. The van der Waals surface area contributed by atoms with Gasteiger partial charge in [0.1, 0.15) is 0 Å². The number of nitrogens with zero attached hydrogens (tertiary/aromatic N) is 1. The lowest BCUT2D eigenvalue weighted by Gasteiger charge is -2.41. The Morgan fingerprint density at radius 3 is 2.56 bits per heavy atom. The van der Waals surface area contributed by atoms with E-state index in [2.05, 4.69) is 47.8 Å². The summed E-state index contributed by atoms with van der Waals surface area (Å²) in [7, 11) is 0. The van der Waals surface area contributed by atoms with Gasteiger partial charge in [-0.05, 0) is 56.0 Å². The molecule has 1 aliphatic heterocycles. The molecule has 27 heavy (non-hydrogen) atoms. The SMILES string of the molecule is CC1CN(C(=O)C2CC(NCCc3cccc4ccccc34)C2)CC(C)O1. The molecule has 0 spiro atoms. The van der Waals surface area contributed by atoms with Crippen molar-refractivity contribution in [1.82, 2.24) is 10.2 Å². The number of carbonyl (C=O) groups excluding carboxylic acids is 1. The smallest absolute Gasteiger partial charge is 0.225 e. The Bertz CT molecular complexity index is 785. The van der Waals surface area contributed by atoms with Gasteiger partial charge in [0.15, 0.2) is 0 Å². The van der Waals surface area contributed by atoms with Crippen molar-refractivity contribution in [2.24, 2.45) is 5.92 Å². The van der Waals surface area contributed by atoms with E-state index in [4.69, 9.17) is 4.74 Å². The third kappa shape index (κ3) is 4.17. The maximum Gasteiger partial charge on any atom is 0.225 e. The highest BCUT2D eigenvalue weighted by molar-refractivity contribution is 5.85. The van der Waals surface area contributed by atoms with Gasteiger partial charge in [-0.1, -0.05) is 42.5 Å². The first-order chi connectivity index (χ1) is 13.1. The van der Waals surface area contributed by atoms with E-state index in [1.54, 1.807) is 0 Å². The highest BCUT2D eigenvalue weighted by Gasteiger charge is 2.38. The van der Waals surface area contributed by atoms with E-state index in [1.807, 2.05) is 18.7 Å². The maximum absolute atomic E-state index is 12.7. The minimum atomic E-state index is 0.146. The molecule has 4 rings (SSSR count). The van der Waals surface area contributed by atoms with Crippen LogP contribution in [0.3, 0.4) is 0 Å². The zero-order valence-electron chi connectivity index (χ0n) is 16.4. The summed E-state index contributed by atoms with van der Waals surface area (Å²) < 4.78 is 5.74. The Kier molecular flexibility index (Phi) is 5.46. The summed E-state index contributed by atoms with van der Waals surface area (Å²) in [4.78, 5) is 14.7. The van der Waals surface area contributed by atoms with Crippen LogP contribution in [0.4, 0.5) is 0 Å². The molecule has 0 radical (unpaired) electrons. The molecule has 1 aliphatic carbocycles. The standard InChI is InChI=1S/C23H30N2O2/c1-16-14-25(15-17(2)27-16)23(26)20-12-21(13-20)24-11-10-19-8-5-7-18-6-3-4-9-22(18)19/h3-9,16-17,20-21,24H,10-15H2,1-2H3. The van der Waals surface area contributed by atoms with Gasteiger partial charge >= 0.3 is 0 Å². The molecular weight excluding hydrogens is 336 g/mol. The average molecular weight is 367 g/mol. The lowest BCUT2D eigenvalue weighted by molar-refractivity contribution is -0.150. The predicted molar refractivity (Wildman–Crippen MR) is 109 cm³/mol. The van der Waals surface area contributed by atoms with Gasteiger partial charge in [0.05, 0.1) is 12.2 Å². The van der Waals surface area contributed by atoms with Gasteiger partial charge in [-0.25, -0.2) is 0 Å². The highest BCUT2D eigenvalue weighted by Crippen LogP contribution is 2.30. The molecule has 1 heterocycles. The minimum Gasteiger partial charge on any atom is -0.372 e. The fourth-order valence-corrected chi connectivity index (χ4v) is 4.52. The van der Waals surface area contributed by atoms with E-state index in [9.17, 15) is 4.79 Å². The van der Waals surface area contributed by atoms with Gasteiger partial charge in [0.2, 0.25) is 5.91 Å². The number of benzene rings is 2. The third-order valence-electron chi connectivity index (χ3n) is 5.93. The second-order valence-electron chi connectivity index (χ2n) is 8.21. The van der Waals surface area contributed by atoms with E-state index in [-0.39, 0.29) is 18.1 Å². The van der Waals surface area contributed by atoms with Crippen molar-refractivity contribution < 1.29 is 9.53 Å². The normalized spacial score (nSPS) is 28.1. The zero-order chi connectivity index (χ0) is 18.8. The largest absolute Gasteiger partial charge is 0.372 e. The number of ether oxygens (including phenoxy) is 1. The number of nitrogens with one attached hydrogen (secondary N) is 1. The number of morpholine rings is 1. The van der Waals surface area contributed by atoms with Crippen molar-refractivity contribution in [3.05, 3.63) is 48.0 Å². The van der Waals surface area contributed by atoms with Gasteiger partial charge in [-0.15, -0.1) is 0 Å². The fourth-order valence-electron chi connectivity index (χ4n) is 4.52. The van der Waals surface area contributed by atoms with Gasteiger partial charge in [0, 0.05) is 25.0 Å². The van der Waals surface area contributed by atoms with Crippen LogP contribution in [0.1, 0.15) is 32.3 Å². The molecule has 1 saturated heterocycles. The third-order valence-corrected chi connectivity index (χ3v) is 5.93. The number of hydrogen-bond donors (Lipinski definition) is 1. The number of carbonyl (C=O) groups is 1. The molecule has 1 amide bonds. The van der Waals surface area contributed by atoms with Crippen LogP contribution < -0.4 is 5.32 Å². The number of rotatable bonds is 5. The zero-order valence-corrected chi connectivity index (χ0v) is 16.4. The van der Waals surface area contributed by atoms with Gasteiger partial charge in [0.25, 0.3) is 0 Å². The van der Waals surface area contributed by atoms with Gasteiger partial charge in [-0.2, -0.15) is 0 Å². The monoisotopic (exact) mass is 366 g/mol. The maximum atomic E-state index is 12.7. The van der Waals surface area contributed by atoms with E-state index < -0.39 is 0 Å². The van der Waals surface area contributed by atoms with Crippen LogP contribution in [0.15, 0.2) is 42.5 Å². The Balaban J connectivity index is 1.23. The van der Waals surface area contributed by atoms with Crippen molar-refractivity contribution in [3.8, 4) is 0 Å². The Hall–Kier alpha value is -1.91. The number of amides is 1. The van der Waals surface area contributed by atoms with Gasteiger partial charge < -0.3 is 15.0 Å². The van der Waals surface area contributed by atoms with Crippen molar-refractivity contribution in [2.75, 3.05) is 19.6 Å². The van der Waals surface area contributed by atoms with Crippen LogP contribution >= 0.6 is 0 Å². The van der Waals surface area contributed by atoms with E-state index in [0.717, 1.165) is 38.9 Å². The average Bonchev–Trinajstić information content (AvgIpc) is 2.62. The summed E-state index contributed by atoms with van der Waals surface area (Å²) in [5.41, 5.74) is 1.39. The lowest BCUT2D eigenvalue weighted by Crippen LogP contribution is -2.54. The first-order valence-electron chi connectivity index (χ1n) is 10.2. The Labute approximate surface area is 161 Å². The fraction of sp³-hybridized carbons (Fsp3) is 0.522. The molecule has 2 fully saturated rings. The molecule has 0 aromatic heterocycles. The van der Waals surface area contributed by atoms with Crippen LogP contribution in [0.5, 0.6) is 0 Å². The summed E-state index contributed by atoms with van der Waals surface area (Å²) in [5, 5.41) is 6.29.